The first kappa shape index (κ1) is 20.0. The Bertz CT molecular complexity index is 877. The molecule has 1 fully saturated rings. The molecule has 4 nitrogen and oxygen atoms in total. The third-order valence-electron chi connectivity index (χ3n) is 4.97. The van der Waals surface area contributed by atoms with Crippen LogP contribution in [0.1, 0.15) is 47.5 Å². The summed E-state index contributed by atoms with van der Waals surface area (Å²) >= 11 is 18.2. The highest BCUT2D eigenvalue weighted by Crippen LogP contribution is 2.38. The van der Waals surface area contributed by atoms with E-state index in [9.17, 15) is 9.59 Å². The van der Waals surface area contributed by atoms with E-state index in [0.29, 0.717) is 39.2 Å². The zero-order valence-corrected chi connectivity index (χ0v) is 16.6. The fraction of sp³-hybridized carbons (Fsp3) is 0.300. The fourth-order valence-corrected chi connectivity index (χ4v) is 3.93. The molecule has 1 aliphatic carbocycles. The van der Waals surface area contributed by atoms with Crippen molar-refractivity contribution in [2.24, 2.45) is 5.92 Å². The summed E-state index contributed by atoms with van der Waals surface area (Å²) in [5.41, 5.74) is 1.96. The molecule has 142 valence electrons. The Morgan fingerprint density at radius 3 is 2.19 bits per heavy atom. The minimum atomic E-state index is -0.716. The lowest BCUT2D eigenvalue weighted by molar-refractivity contribution is -0.142. The van der Waals surface area contributed by atoms with E-state index < -0.39 is 5.97 Å². The van der Waals surface area contributed by atoms with Gasteiger partial charge in [0.15, 0.2) is 0 Å². The standard InChI is InChI=1S/C20H18Cl3NO3/c21-15-7-5-14(10-16(15)22)19(25)24-18-8-6-13(9-17(18)23)11-1-3-12(4-2-11)20(26)27/h5-12H,1-4H2,(H,24,25)(H,26,27)/t11-,12+. The van der Waals surface area contributed by atoms with E-state index in [0.717, 1.165) is 18.4 Å². The van der Waals surface area contributed by atoms with Crippen LogP contribution < -0.4 is 5.32 Å². The maximum Gasteiger partial charge on any atom is 0.306 e. The van der Waals surface area contributed by atoms with Gasteiger partial charge in [0.2, 0.25) is 0 Å². The topological polar surface area (TPSA) is 66.4 Å². The van der Waals surface area contributed by atoms with Crippen LogP contribution in [0.4, 0.5) is 5.69 Å². The first-order valence-electron chi connectivity index (χ1n) is 8.64. The molecule has 0 spiro atoms. The maximum absolute atomic E-state index is 12.4. The van der Waals surface area contributed by atoms with Crippen LogP contribution in [0, 0.1) is 5.92 Å². The van der Waals surface area contributed by atoms with Crippen LogP contribution in [0.15, 0.2) is 36.4 Å². The van der Waals surface area contributed by atoms with Crippen LogP contribution in [0.3, 0.4) is 0 Å². The van der Waals surface area contributed by atoms with Crippen molar-refractivity contribution in [2.45, 2.75) is 31.6 Å². The predicted molar refractivity (Wildman–Crippen MR) is 108 cm³/mol. The molecular weight excluding hydrogens is 409 g/mol. The average Bonchev–Trinajstić information content (AvgIpc) is 2.65. The van der Waals surface area contributed by atoms with Crippen molar-refractivity contribution in [3.63, 3.8) is 0 Å². The highest BCUT2D eigenvalue weighted by molar-refractivity contribution is 6.42. The Labute approximate surface area is 172 Å². The van der Waals surface area contributed by atoms with Gasteiger partial charge in [0.05, 0.1) is 26.7 Å². The molecule has 0 heterocycles. The van der Waals surface area contributed by atoms with Crippen molar-refractivity contribution < 1.29 is 14.7 Å². The molecule has 2 aromatic carbocycles. The number of carbonyl (C=O) groups is 2. The first-order valence-corrected chi connectivity index (χ1v) is 9.77. The lowest BCUT2D eigenvalue weighted by atomic mass is 9.79. The summed E-state index contributed by atoms with van der Waals surface area (Å²) in [6, 6.07) is 10.2. The van der Waals surface area contributed by atoms with E-state index >= 15 is 0 Å². The van der Waals surface area contributed by atoms with E-state index in [1.165, 1.54) is 6.07 Å². The molecule has 27 heavy (non-hydrogen) atoms. The number of nitrogens with one attached hydrogen (secondary N) is 1. The highest BCUT2D eigenvalue weighted by Gasteiger charge is 2.27. The lowest BCUT2D eigenvalue weighted by Crippen LogP contribution is -2.20. The molecule has 0 saturated heterocycles. The van der Waals surface area contributed by atoms with Gasteiger partial charge in [-0.1, -0.05) is 40.9 Å². The highest BCUT2D eigenvalue weighted by atomic mass is 35.5. The second-order valence-corrected chi connectivity index (χ2v) is 7.93. The molecule has 1 saturated carbocycles. The van der Waals surface area contributed by atoms with Crippen molar-refractivity contribution in [2.75, 3.05) is 5.32 Å². The number of rotatable bonds is 4. The molecule has 1 amide bonds. The molecule has 2 N–H and O–H groups in total. The third kappa shape index (κ3) is 4.75. The zero-order valence-electron chi connectivity index (χ0n) is 14.3. The summed E-state index contributed by atoms with van der Waals surface area (Å²) < 4.78 is 0. The van der Waals surface area contributed by atoms with E-state index in [2.05, 4.69) is 5.32 Å². The lowest BCUT2D eigenvalue weighted by Gasteiger charge is -2.26. The van der Waals surface area contributed by atoms with Crippen molar-refractivity contribution in [1.29, 1.82) is 0 Å². The van der Waals surface area contributed by atoms with Crippen molar-refractivity contribution in [3.8, 4) is 0 Å². The molecule has 7 heteroatoms. The minimum absolute atomic E-state index is 0.249. The molecule has 0 bridgehead atoms. The summed E-state index contributed by atoms with van der Waals surface area (Å²) in [5.74, 6) is -1.00. The van der Waals surface area contributed by atoms with Gasteiger partial charge in [-0.2, -0.15) is 0 Å². The number of carbonyl (C=O) groups excluding carboxylic acids is 1. The molecule has 0 radical (unpaired) electrons. The number of benzene rings is 2. The smallest absolute Gasteiger partial charge is 0.306 e. The van der Waals surface area contributed by atoms with Crippen LogP contribution in [-0.2, 0) is 4.79 Å². The van der Waals surface area contributed by atoms with Gasteiger partial charge < -0.3 is 10.4 Å². The SMILES string of the molecule is O=C(Nc1ccc([C@H]2CC[C@@H](C(=O)O)CC2)cc1Cl)c1ccc(Cl)c(Cl)c1. The Kier molecular flexibility index (Phi) is 6.30. The number of anilines is 1. The molecule has 0 aliphatic heterocycles. The maximum atomic E-state index is 12.4. The van der Waals surface area contributed by atoms with E-state index in [1.54, 1.807) is 18.2 Å². The monoisotopic (exact) mass is 425 g/mol. The summed E-state index contributed by atoms with van der Waals surface area (Å²) in [6.45, 7) is 0. The van der Waals surface area contributed by atoms with Crippen LogP contribution in [-0.4, -0.2) is 17.0 Å². The predicted octanol–water partition coefficient (Wildman–Crippen LogP) is 6.26. The third-order valence-corrected chi connectivity index (χ3v) is 6.02. The van der Waals surface area contributed by atoms with Gasteiger partial charge >= 0.3 is 5.97 Å². The first-order chi connectivity index (χ1) is 12.8. The molecule has 0 atom stereocenters. The van der Waals surface area contributed by atoms with Gasteiger partial charge in [0.25, 0.3) is 5.91 Å². The number of carboxylic acid groups (broad SMARTS) is 1. The van der Waals surface area contributed by atoms with Crippen molar-refractivity contribution in [1.82, 2.24) is 0 Å². The van der Waals surface area contributed by atoms with Crippen LogP contribution >= 0.6 is 34.8 Å². The fourth-order valence-electron chi connectivity index (χ4n) is 3.39. The van der Waals surface area contributed by atoms with E-state index in [-0.39, 0.29) is 17.7 Å². The molecule has 2 aromatic rings. The molecular formula is C20H18Cl3NO3. The molecule has 0 unspecified atom stereocenters. The molecule has 3 rings (SSSR count). The van der Waals surface area contributed by atoms with Gasteiger partial charge in [-0.15, -0.1) is 0 Å². The summed E-state index contributed by atoms with van der Waals surface area (Å²) in [7, 11) is 0. The molecule has 0 aromatic heterocycles. The summed E-state index contributed by atoms with van der Waals surface area (Å²) in [6.07, 6.45) is 2.99. The number of halogens is 3. The van der Waals surface area contributed by atoms with Gasteiger partial charge in [0, 0.05) is 5.56 Å². The van der Waals surface area contributed by atoms with Gasteiger partial charge in [-0.05, 0) is 67.5 Å². The van der Waals surface area contributed by atoms with Crippen LogP contribution in [0.2, 0.25) is 15.1 Å². The van der Waals surface area contributed by atoms with E-state index in [1.807, 2.05) is 12.1 Å². The summed E-state index contributed by atoms with van der Waals surface area (Å²) in [5, 5.41) is 13.0. The minimum Gasteiger partial charge on any atom is -0.481 e. The number of hydrogen-bond acceptors (Lipinski definition) is 2. The Balaban J connectivity index is 1.69. The summed E-state index contributed by atoms with van der Waals surface area (Å²) in [4.78, 5) is 23.5. The number of hydrogen-bond donors (Lipinski definition) is 2. The van der Waals surface area contributed by atoms with E-state index in [4.69, 9.17) is 39.9 Å². The second kappa shape index (κ2) is 8.51. The normalized spacial score (nSPS) is 19.5. The second-order valence-electron chi connectivity index (χ2n) is 6.71. The van der Waals surface area contributed by atoms with Gasteiger partial charge in [-0.25, -0.2) is 0 Å². The van der Waals surface area contributed by atoms with Crippen molar-refractivity contribution >= 4 is 52.4 Å². The number of carboxylic acids is 1. The number of aliphatic carboxylic acids is 1. The van der Waals surface area contributed by atoms with Crippen LogP contribution in [0.5, 0.6) is 0 Å². The Hall–Kier alpha value is -1.75. The number of amides is 1. The van der Waals surface area contributed by atoms with Gasteiger partial charge in [-0.3, -0.25) is 9.59 Å². The molecule has 1 aliphatic rings. The van der Waals surface area contributed by atoms with Crippen LogP contribution in [0.25, 0.3) is 0 Å². The zero-order chi connectivity index (χ0) is 19.6. The van der Waals surface area contributed by atoms with Crippen molar-refractivity contribution in [3.05, 3.63) is 62.6 Å². The Morgan fingerprint density at radius 2 is 1.59 bits per heavy atom. The average molecular weight is 427 g/mol. The Morgan fingerprint density at radius 1 is 0.889 bits per heavy atom. The largest absolute Gasteiger partial charge is 0.481 e. The quantitative estimate of drug-likeness (QED) is 0.606. The van der Waals surface area contributed by atoms with Gasteiger partial charge in [0.1, 0.15) is 0 Å².